The molecule has 2 aliphatic carbocycles. The molecule has 1 saturated heterocycles. The molecule has 1 saturated carbocycles. The number of hydrogen-bond donors (Lipinski definition) is 0. The van der Waals surface area contributed by atoms with Crippen LogP contribution in [0, 0.1) is 18.8 Å². The van der Waals surface area contributed by atoms with Gasteiger partial charge >= 0.3 is 11.9 Å². The molecule has 5 rings (SSSR count). The first-order valence-electron chi connectivity index (χ1n) is 8.65. The van der Waals surface area contributed by atoms with Crippen LogP contribution in [0.15, 0.2) is 66.7 Å². The molecule has 25 heavy (non-hydrogen) atoms. The maximum absolute atomic E-state index is 12.6. The van der Waals surface area contributed by atoms with Crippen molar-refractivity contribution in [1.82, 2.24) is 0 Å². The summed E-state index contributed by atoms with van der Waals surface area (Å²) < 4.78 is 5.11. The van der Waals surface area contributed by atoms with Crippen molar-refractivity contribution in [3.8, 4) is 0 Å². The molecular formula is C22H18O3. The van der Waals surface area contributed by atoms with Gasteiger partial charge in [-0.05, 0) is 24.5 Å². The first-order valence-corrected chi connectivity index (χ1v) is 8.65. The second-order valence-electron chi connectivity index (χ2n) is 7.52. The number of cyclic esters (lactones) is 2. The van der Waals surface area contributed by atoms with Crippen LogP contribution in [-0.4, -0.2) is 11.9 Å². The smallest absolute Gasteiger partial charge is 0.318 e. The normalized spacial score (nSPS) is 35.1. The van der Waals surface area contributed by atoms with Crippen LogP contribution >= 0.6 is 0 Å². The quantitative estimate of drug-likeness (QED) is 0.481. The lowest BCUT2D eigenvalue weighted by atomic mass is 9.68. The molecule has 4 atom stereocenters. The van der Waals surface area contributed by atoms with Gasteiger partial charge in [-0.25, -0.2) is 0 Å². The van der Waals surface area contributed by atoms with Gasteiger partial charge < -0.3 is 4.74 Å². The summed E-state index contributed by atoms with van der Waals surface area (Å²) in [7, 11) is 0. The van der Waals surface area contributed by atoms with Crippen molar-refractivity contribution >= 4 is 11.9 Å². The van der Waals surface area contributed by atoms with Crippen LogP contribution in [0.3, 0.4) is 0 Å². The van der Waals surface area contributed by atoms with E-state index in [0.29, 0.717) is 0 Å². The molecule has 1 aliphatic heterocycles. The molecule has 0 amide bonds. The second kappa shape index (κ2) is 4.69. The number of ether oxygens (including phenoxy) is 1. The molecule has 0 aromatic heterocycles. The number of hydrogen-bond acceptors (Lipinski definition) is 3. The minimum absolute atomic E-state index is 0.377. The van der Waals surface area contributed by atoms with Crippen LogP contribution in [0.2, 0.25) is 0 Å². The Bertz CT molecular complexity index is 912. The van der Waals surface area contributed by atoms with Gasteiger partial charge in [-0.15, -0.1) is 0 Å². The van der Waals surface area contributed by atoms with E-state index in [1.54, 1.807) is 0 Å². The fourth-order valence-corrected chi connectivity index (χ4v) is 5.21. The third kappa shape index (κ3) is 1.70. The van der Waals surface area contributed by atoms with Crippen molar-refractivity contribution in [3.63, 3.8) is 0 Å². The standard InChI is InChI=1S/C22H18O3/c1-14-7-9-16(10-8-14)22-12-11-21(13-22,15-5-3-2-4-6-15)17-18(22)20(24)25-19(17)23/h2-12,17-18H,13H2,1H3/t17-,18-,21-,22-/m1/s1. The summed E-state index contributed by atoms with van der Waals surface area (Å²) in [6.45, 7) is 2.05. The first kappa shape index (κ1) is 14.6. The monoisotopic (exact) mass is 330 g/mol. The average Bonchev–Trinajstić information content (AvgIpc) is 3.26. The summed E-state index contributed by atoms with van der Waals surface area (Å²) in [6, 6.07) is 18.3. The zero-order valence-corrected chi connectivity index (χ0v) is 13.9. The minimum Gasteiger partial charge on any atom is -0.393 e. The van der Waals surface area contributed by atoms with Crippen molar-refractivity contribution < 1.29 is 14.3 Å². The van der Waals surface area contributed by atoms with Gasteiger partial charge in [0, 0.05) is 10.8 Å². The largest absolute Gasteiger partial charge is 0.393 e. The Kier molecular flexibility index (Phi) is 2.75. The molecule has 2 aromatic rings. The van der Waals surface area contributed by atoms with Gasteiger partial charge in [-0.2, -0.15) is 0 Å². The van der Waals surface area contributed by atoms with Crippen LogP contribution in [0.25, 0.3) is 0 Å². The Morgan fingerprint density at radius 2 is 1.32 bits per heavy atom. The lowest BCUT2D eigenvalue weighted by Crippen LogP contribution is -2.37. The Labute approximate surface area is 146 Å². The van der Waals surface area contributed by atoms with E-state index in [-0.39, 0.29) is 11.9 Å². The van der Waals surface area contributed by atoms with E-state index in [0.717, 1.165) is 17.5 Å². The summed E-state index contributed by atoms with van der Waals surface area (Å²) in [6.07, 6.45) is 5.03. The fraction of sp³-hybridized carbons (Fsp3) is 0.273. The van der Waals surface area contributed by atoms with Crippen LogP contribution in [0.1, 0.15) is 23.1 Å². The molecule has 0 spiro atoms. The molecule has 2 bridgehead atoms. The van der Waals surface area contributed by atoms with Crippen molar-refractivity contribution in [1.29, 1.82) is 0 Å². The predicted octanol–water partition coefficient (Wildman–Crippen LogP) is 3.46. The first-order chi connectivity index (χ1) is 12.1. The van der Waals surface area contributed by atoms with Crippen LogP contribution in [-0.2, 0) is 25.2 Å². The third-order valence-electron chi connectivity index (χ3n) is 6.32. The van der Waals surface area contributed by atoms with E-state index in [4.69, 9.17) is 4.74 Å². The van der Waals surface area contributed by atoms with E-state index >= 15 is 0 Å². The van der Waals surface area contributed by atoms with Gasteiger partial charge in [0.2, 0.25) is 0 Å². The van der Waals surface area contributed by atoms with Crippen LogP contribution < -0.4 is 0 Å². The Hall–Kier alpha value is -2.68. The Balaban J connectivity index is 1.73. The lowest BCUT2D eigenvalue weighted by molar-refractivity contribution is -0.155. The van der Waals surface area contributed by atoms with Crippen molar-refractivity contribution in [2.75, 3.05) is 0 Å². The number of esters is 2. The van der Waals surface area contributed by atoms with Crippen molar-refractivity contribution in [2.24, 2.45) is 11.8 Å². The number of fused-ring (bicyclic) bond motifs is 5. The number of carbonyl (C=O) groups is 2. The highest BCUT2D eigenvalue weighted by atomic mass is 16.6. The van der Waals surface area contributed by atoms with E-state index in [1.165, 1.54) is 5.56 Å². The zero-order valence-electron chi connectivity index (χ0n) is 13.9. The van der Waals surface area contributed by atoms with E-state index < -0.39 is 22.7 Å². The van der Waals surface area contributed by atoms with Crippen molar-refractivity contribution in [3.05, 3.63) is 83.4 Å². The zero-order chi connectivity index (χ0) is 17.2. The third-order valence-corrected chi connectivity index (χ3v) is 6.32. The number of aryl methyl sites for hydroxylation is 1. The van der Waals surface area contributed by atoms with Gasteiger partial charge in [0.05, 0.1) is 11.8 Å². The van der Waals surface area contributed by atoms with Crippen LogP contribution in [0.4, 0.5) is 0 Å². The number of benzene rings is 2. The summed E-state index contributed by atoms with van der Waals surface area (Å²) in [5.41, 5.74) is 2.43. The fourth-order valence-electron chi connectivity index (χ4n) is 5.21. The molecule has 0 unspecified atom stereocenters. The number of rotatable bonds is 2. The number of allylic oxidation sites excluding steroid dienone is 2. The molecule has 3 nitrogen and oxygen atoms in total. The molecular weight excluding hydrogens is 312 g/mol. The highest BCUT2D eigenvalue weighted by Crippen LogP contribution is 2.66. The number of carbonyl (C=O) groups excluding carboxylic acids is 2. The van der Waals surface area contributed by atoms with Gasteiger partial charge in [-0.3, -0.25) is 9.59 Å². The summed E-state index contributed by atoms with van der Waals surface area (Å²) in [5, 5.41) is 0. The molecule has 2 aromatic carbocycles. The van der Waals surface area contributed by atoms with E-state index in [2.05, 4.69) is 36.4 Å². The SMILES string of the molecule is Cc1ccc([C@@]23C=C[C@](c4ccccc4)(C2)[C@H]2C(=O)OC(=O)[C@@H]23)cc1. The van der Waals surface area contributed by atoms with Gasteiger partial charge in [0.15, 0.2) is 0 Å². The minimum atomic E-state index is -0.461. The maximum atomic E-state index is 12.6. The average molecular weight is 330 g/mol. The topological polar surface area (TPSA) is 43.4 Å². The van der Waals surface area contributed by atoms with Crippen LogP contribution in [0.5, 0.6) is 0 Å². The molecule has 1 heterocycles. The summed E-state index contributed by atoms with van der Waals surface area (Å²) in [5.74, 6) is -1.63. The van der Waals surface area contributed by atoms with E-state index in [1.807, 2.05) is 37.3 Å². The van der Waals surface area contributed by atoms with Gasteiger partial charge in [-0.1, -0.05) is 72.3 Å². The molecule has 3 heteroatoms. The summed E-state index contributed by atoms with van der Waals surface area (Å²) in [4.78, 5) is 25.2. The lowest BCUT2D eigenvalue weighted by Gasteiger charge is -2.31. The highest BCUT2D eigenvalue weighted by molar-refractivity contribution is 6.00. The highest BCUT2D eigenvalue weighted by Gasteiger charge is 2.72. The molecule has 2 fully saturated rings. The van der Waals surface area contributed by atoms with E-state index in [9.17, 15) is 9.59 Å². The van der Waals surface area contributed by atoms with Crippen molar-refractivity contribution in [2.45, 2.75) is 24.2 Å². The molecule has 3 aliphatic rings. The maximum Gasteiger partial charge on any atom is 0.318 e. The second-order valence-corrected chi connectivity index (χ2v) is 7.52. The summed E-state index contributed by atoms with van der Waals surface area (Å²) >= 11 is 0. The Morgan fingerprint density at radius 1 is 0.800 bits per heavy atom. The molecule has 0 N–H and O–H groups in total. The molecule has 124 valence electrons. The predicted molar refractivity (Wildman–Crippen MR) is 92.8 cm³/mol. The van der Waals surface area contributed by atoms with Gasteiger partial charge in [0.1, 0.15) is 0 Å². The molecule has 0 radical (unpaired) electrons. The van der Waals surface area contributed by atoms with Gasteiger partial charge in [0.25, 0.3) is 0 Å². The Morgan fingerprint density at radius 3 is 1.88 bits per heavy atom.